The maximum Gasteiger partial charge on any atom is 0.275 e. The summed E-state index contributed by atoms with van der Waals surface area (Å²) in [7, 11) is 0. The molecule has 3 N–H and O–H groups in total. The third kappa shape index (κ3) is 3.59. The molecule has 0 spiro atoms. The number of anilines is 1. The van der Waals surface area contributed by atoms with Crippen molar-refractivity contribution in [2.24, 2.45) is 0 Å². The SMILES string of the molecule is C[C@H](CO)n1nnnc1-c1cccc(NC(=O)c2cc3c(cn2)CCNC3)n1. The van der Waals surface area contributed by atoms with Crippen molar-refractivity contribution in [2.45, 2.75) is 25.9 Å². The van der Waals surface area contributed by atoms with Gasteiger partial charge in [-0.2, -0.15) is 0 Å². The zero-order valence-electron chi connectivity index (χ0n) is 15.3. The lowest BCUT2D eigenvalue weighted by atomic mass is 10.0. The van der Waals surface area contributed by atoms with Gasteiger partial charge in [0.2, 0.25) is 5.82 Å². The van der Waals surface area contributed by atoms with Crippen LogP contribution in [0.3, 0.4) is 0 Å². The van der Waals surface area contributed by atoms with Crippen molar-refractivity contribution >= 4 is 11.7 Å². The lowest BCUT2D eigenvalue weighted by Crippen LogP contribution is -2.25. The molecule has 0 saturated carbocycles. The van der Waals surface area contributed by atoms with Crippen LogP contribution < -0.4 is 10.6 Å². The van der Waals surface area contributed by atoms with Crippen LogP contribution in [-0.2, 0) is 13.0 Å². The van der Waals surface area contributed by atoms with Gasteiger partial charge >= 0.3 is 0 Å². The molecule has 0 aliphatic carbocycles. The molecule has 1 amide bonds. The second kappa shape index (κ2) is 7.79. The number of aromatic nitrogens is 6. The zero-order valence-corrected chi connectivity index (χ0v) is 15.3. The first-order valence-corrected chi connectivity index (χ1v) is 9.01. The van der Waals surface area contributed by atoms with E-state index in [1.807, 2.05) is 6.07 Å². The summed E-state index contributed by atoms with van der Waals surface area (Å²) in [5.74, 6) is 0.448. The average molecular weight is 380 g/mol. The Morgan fingerprint density at radius 2 is 2.29 bits per heavy atom. The minimum Gasteiger partial charge on any atom is -0.394 e. The number of amides is 1. The van der Waals surface area contributed by atoms with Crippen LogP contribution in [0.5, 0.6) is 0 Å². The first-order chi connectivity index (χ1) is 13.7. The maximum absolute atomic E-state index is 12.6. The number of hydrogen-bond acceptors (Lipinski definition) is 8. The van der Waals surface area contributed by atoms with E-state index >= 15 is 0 Å². The molecule has 0 saturated heterocycles. The summed E-state index contributed by atoms with van der Waals surface area (Å²) >= 11 is 0. The van der Waals surface area contributed by atoms with Crippen LogP contribution in [0.2, 0.25) is 0 Å². The highest BCUT2D eigenvalue weighted by atomic mass is 16.3. The maximum atomic E-state index is 12.6. The first kappa shape index (κ1) is 18.1. The highest BCUT2D eigenvalue weighted by Gasteiger charge is 2.17. The van der Waals surface area contributed by atoms with E-state index in [-0.39, 0.29) is 18.6 Å². The van der Waals surface area contributed by atoms with Gasteiger partial charge in [0.1, 0.15) is 17.2 Å². The highest BCUT2D eigenvalue weighted by molar-refractivity contribution is 6.02. The minimum atomic E-state index is -0.332. The number of carbonyl (C=O) groups is 1. The Bertz CT molecular complexity index is 1000. The summed E-state index contributed by atoms with van der Waals surface area (Å²) in [6.07, 6.45) is 2.67. The molecule has 0 radical (unpaired) electrons. The molecule has 0 aromatic carbocycles. The van der Waals surface area contributed by atoms with Gasteiger partial charge in [-0.1, -0.05) is 6.07 Å². The van der Waals surface area contributed by atoms with E-state index < -0.39 is 0 Å². The van der Waals surface area contributed by atoms with Gasteiger partial charge < -0.3 is 15.7 Å². The highest BCUT2D eigenvalue weighted by Crippen LogP contribution is 2.19. The zero-order chi connectivity index (χ0) is 19.5. The van der Waals surface area contributed by atoms with Crippen LogP contribution in [0.1, 0.15) is 34.6 Å². The molecule has 28 heavy (non-hydrogen) atoms. The topological polar surface area (TPSA) is 131 Å². The molecule has 10 heteroatoms. The van der Waals surface area contributed by atoms with Gasteiger partial charge in [-0.05, 0) is 59.6 Å². The van der Waals surface area contributed by atoms with Gasteiger partial charge in [-0.3, -0.25) is 9.78 Å². The summed E-state index contributed by atoms with van der Waals surface area (Å²) in [6.45, 7) is 3.35. The second-order valence-electron chi connectivity index (χ2n) is 6.61. The molecular formula is C18H20N8O2. The lowest BCUT2D eigenvalue weighted by molar-refractivity contribution is 0.102. The average Bonchev–Trinajstić information content (AvgIpc) is 3.23. The standard InChI is InChI=1S/C18H20N8O2/c1-11(10-27)26-17(23-24-25-26)14-3-2-4-16(21-14)22-18(28)15-7-13-8-19-6-5-12(13)9-20-15/h2-4,7,9,11,19,27H,5-6,8,10H2,1H3,(H,21,22,28)/t11-/m1/s1. The van der Waals surface area contributed by atoms with Gasteiger partial charge in [-0.25, -0.2) is 9.67 Å². The van der Waals surface area contributed by atoms with Crippen molar-refractivity contribution in [2.75, 3.05) is 18.5 Å². The Labute approximate surface area is 161 Å². The second-order valence-corrected chi connectivity index (χ2v) is 6.61. The number of nitrogens with one attached hydrogen (secondary N) is 2. The summed E-state index contributed by atoms with van der Waals surface area (Å²) < 4.78 is 1.49. The van der Waals surface area contributed by atoms with Crippen molar-refractivity contribution in [3.63, 3.8) is 0 Å². The van der Waals surface area contributed by atoms with E-state index in [2.05, 4.69) is 36.1 Å². The molecule has 1 aliphatic rings. The van der Waals surface area contributed by atoms with Gasteiger partial charge in [0.05, 0.1) is 12.6 Å². The molecular weight excluding hydrogens is 360 g/mol. The molecule has 0 fully saturated rings. The molecule has 0 bridgehead atoms. The summed E-state index contributed by atoms with van der Waals surface area (Å²) in [5, 5.41) is 26.9. The quantitative estimate of drug-likeness (QED) is 0.586. The Balaban J connectivity index is 1.56. The number of hydrogen-bond donors (Lipinski definition) is 3. The van der Waals surface area contributed by atoms with E-state index in [0.717, 1.165) is 25.1 Å². The van der Waals surface area contributed by atoms with E-state index in [1.165, 1.54) is 10.2 Å². The van der Waals surface area contributed by atoms with Crippen molar-refractivity contribution in [3.8, 4) is 11.5 Å². The van der Waals surface area contributed by atoms with E-state index in [9.17, 15) is 9.90 Å². The molecule has 10 nitrogen and oxygen atoms in total. The molecule has 3 aromatic rings. The van der Waals surface area contributed by atoms with Crippen LogP contribution in [0.15, 0.2) is 30.5 Å². The van der Waals surface area contributed by atoms with Crippen LogP contribution in [0.25, 0.3) is 11.5 Å². The minimum absolute atomic E-state index is 0.104. The monoisotopic (exact) mass is 380 g/mol. The molecule has 144 valence electrons. The number of fused-ring (bicyclic) bond motifs is 1. The number of pyridine rings is 2. The van der Waals surface area contributed by atoms with Crippen molar-refractivity contribution in [1.82, 2.24) is 35.5 Å². The molecule has 4 heterocycles. The normalized spacial score (nSPS) is 14.4. The Hall–Kier alpha value is -3.24. The predicted molar refractivity (Wildman–Crippen MR) is 100 cm³/mol. The summed E-state index contributed by atoms with van der Waals surface area (Å²) in [5.41, 5.74) is 3.09. The number of tetrazole rings is 1. The number of rotatable bonds is 5. The molecule has 1 atom stereocenters. The van der Waals surface area contributed by atoms with Crippen molar-refractivity contribution < 1.29 is 9.90 Å². The Morgan fingerprint density at radius 1 is 1.39 bits per heavy atom. The first-order valence-electron chi connectivity index (χ1n) is 9.01. The van der Waals surface area contributed by atoms with Gasteiger partial charge in [0.25, 0.3) is 5.91 Å². The fourth-order valence-corrected chi connectivity index (χ4v) is 3.03. The van der Waals surface area contributed by atoms with Crippen LogP contribution in [-0.4, -0.2) is 54.3 Å². The van der Waals surface area contributed by atoms with Crippen LogP contribution in [0, 0.1) is 0 Å². The summed E-state index contributed by atoms with van der Waals surface area (Å²) in [6, 6.07) is 6.70. The molecule has 3 aromatic heterocycles. The number of aliphatic hydroxyl groups excluding tert-OH is 1. The fraction of sp³-hybridized carbons (Fsp3) is 0.333. The lowest BCUT2D eigenvalue weighted by Gasteiger charge is -2.17. The van der Waals surface area contributed by atoms with E-state index in [1.54, 1.807) is 31.3 Å². The van der Waals surface area contributed by atoms with Crippen LogP contribution >= 0.6 is 0 Å². The fourth-order valence-electron chi connectivity index (χ4n) is 3.03. The van der Waals surface area contributed by atoms with Crippen molar-refractivity contribution in [3.05, 3.63) is 47.3 Å². The third-order valence-electron chi connectivity index (χ3n) is 4.60. The van der Waals surface area contributed by atoms with E-state index in [0.29, 0.717) is 23.0 Å². The molecule has 4 rings (SSSR count). The number of nitrogens with zero attached hydrogens (tertiary/aromatic N) is 6. The number of carbonyl (C=O) groups excluding carboxylic acids is 1. The van der Waals surface area contributed by atoms with Crippen molar-refractivity contribution in [1.29, 1.82) is 0 Å². The Kier molecular flexibility index (Phi) is 5.04. The van der Waals surface area contributed by atoms with Gasteiger partial charge in [-0.15, -0.1) is 5.10 Å². The molecule has 0 unspecified atom stereocenters. The van der Waals surface area contributed by atoms with Gasteiger partial charge in [0, 0.05) is 12.7 Å². The number of aliphatic hydroxyl groups is 1. The largest absolute Gasteiger partial charge is 0.394 e. The van der Waals surface area contributed by atoms with E-state index in [4.69, 9.17) is 0 Å². The predicted octanol–water partition coefficient (Wildman–Crippen LogP) is 0.581. The smallest absolute Gasteiger partial charge is 0.275 e. The van der Waals surface area contributed by atoms with Gasteiger partial charge in [0.15, 0.2) is 0 Å². The summed E-state index contributed by atoms with van der Waals surface area (Å²) in [4.78, 5) is 21.3. The Morgan fingerprint density at radius 3 is 3.14 bits per heavy atom. The molecule has 1 aliphatic heterocycles. The third-order valence-corrected chi connectivity index (χ3v) is 4.60. The van der Waals surface area contributed by atoms with Crippen LogP contribution in [0.4, 0.5) is 5.82 Å².